The topological polar surface area (TPSA) is 113 Å². The van der Waals surface area contributed by atoms with Crippen molar-refractivity contribution in [3.05, 3.63) is 0 Å². The number of cyclic esters (lactones) is 1. The number of hydrogen-bond acceptors (Lipinski definition) is 7. The Kier molecular flexibility index (Phi) is 4.92. The van der Waals surface area contributed by atoms with E-state index < -0.39 is 37.8 Å². The van der Waals surface area contributed by atoms with Crippen LogP contribution in [0.3, 0.4) is 0 Å². The minimum atomic E-state index is -6.01. The predicted octanol–water partition coefficient (Wildman–Crippen LogP) is -1.40. The first-order valence-corrected chi connectivity index (χ1v) is 9.37. The third-order valence-electron chi connectivity index (χ3n) is 3.48. The maximum atomic E-state index is 12.2. The first kappa shape index (κ1) is 18.4. The van der Waals surface area contributed by atoms with Crippen LogP contribution in [0, 0.1) is 0 Å². The van der Waals surface area contributed by atoms with E-state index in [1.165, 1.54) is 0 Å². The Hall–Kier alpha value is -0.960. The van der Waals surface area contributed by atoms with E-state index in [4.69, 9.17) is 4.74 Å². The van der Waals surface area contributed by atoms with Gasteiger partial charge in [0.05, 0.1) is 6.61 Å². The Morgan fingerprint density at radius 3 is 2.09 bits per heavy atom. The Balaban J connectivity index is 2.00. The number of halogens is 3. The second kappa shape index (κ2) is 6.16. The average molecular weight is 381 g/mol. The molecule has 0 aromatic heterocycles. The Bertz CT molecular complexity index is 669. The highest BCUT2D eigenvalue weighted by Crippen LogP contribution is 2.23. The summed E-state index contributed by atoms with van der Waals surface area (Å²) in [5.74, 6) is -0.431. The number of sulfonamides is 1. The van der Waals surface area contributed by atoms with Crippen LogP contribution in [0.5, 0.6) is 0 Å². The van der Waals surface area contributed by atoms with Gasteiger partial charge in [-0.1, -0.05) is 4.13 Å². The van der Waals surface area contributed by atoms with Gasteiger partial charge in [0.15, 0.2) is 0 Å². The Morgan fingerprint density at radius 2 is 1.65 bits per heavy atom. The average Bonchev–Trinajstić information content (AvgIpc) is 2.82. The molecule has 1 N–H and O–H groups in total. The van der Waals surface area contributed by atoms with Crippen molar-refractivity contribution < 1.29 is 39.5 Å². The number of hydrogen-bond donors (Lipinski definition) is 1. The van der Waals surface area contributed by atoms with Crippen LogP contribution in [0.4, 0.5) is 13.2 Å². The summed E-state index contributed by atoms with van der Waals surface area (Å²) in [5.41, 5.74) is -5.73. The molecule has 0 aliphatic carbocycles. The zero-order valence-electron chi connectivity index (χ0n) is 11.6. The second-order valence-electron chi connectivity index (χ2n) is 4.94. The van der Waals surface area contributed by atoms with E-state index in [1.54, 1.807) is 4.90 Å². The second-order valence-corrected chi connectivity index (χ2v) is 8.55. The summed E-state index contributed by atoms with van der Waals surface area (Å²) in [6.45, 7) is -0.0775. The molecule has 2 heterocycles. The third-order valence-corrected chi connectivity index (χ3v) is 6.86. The van der Waals surface area contributed by atoms with Crippen LogP contribution in [0.25, 0.3) is 0 Å². The van der Waals surface area contributed by atoms with Crippen molar-refractivity contribution in [3.63, 3.8) is 0 Å². The number of rotatable bonds is 4. The molecule has 0 amide bonds. The summed E-state index contributed by atoms with van der Waals surface area (Å²) in [7, 11) is -10.9. The molecule has 2 aliphatic rings. The zero-order chi connectivity index (χ0) is 17.5. The molecule has 0 aromatic carbocycles. The smallest absolute Gasteiger partial charge is 0.464 e. The molecule has 0 spiro atoms. The van der Waals surface area contributed by atoms with Gasteiger partial charge in [-0.15, -0.1) is 0 Å². The summed E-state index contributed by atoms with van der Waals surface area (Å²) in [5, 5.41) is 0. The highest BCUT2D eigenvalue weighted by Gasteiger charge is 2.49. The lowest BCUT2D eigenvalue weighted by Gasteiger charge is -2.35. The normalized spacial score (nSPS) is 25.5. The van der Waals surface area contributed by atoms with E-state index >= 15 is 0 Å². The summed E-state index contributed by atoms with van der Waals surface area (Å²) in [6, 6.07) is -0.508. The molecule has 14 heteroatoms. The van der Waals surface area contributed by atoms with Crippen molar-refractivity contribution in [1.29, 1.82) is 0 Å². The maximum Gasteiger partial charge on any atom is 0.512 e. The molecule has 2 fully saturated rings. The lowest BCUT2D eigenvalue weighted by molar-refractivity contribution is -0.142. The number of ether oxygens (including phenoxy) is 1. The van der Waals surface area contributed by atoms with Crippen LogP contribution in [0.2, 0.25) is 0 Å². The van der Waals surface area contributed by atoms with E-state index in [0.29, 0.717) is 14.9 Å². The van der Waals surface area contributed by atoms with Gasteiger partial charge in [-0.05, 0) is 0 Å². The van der Waals surface area contributed by atoms with Crippen molar-refractivity contribution in [2.75, 3.05) is 32.8 Å². The summed E-state index contributed by atoms with van der Waals surface area (Å²) in [6.07, 6.45) is 0.451. The number of piperazine rings is 1. The number of nitrogens with zero attached hydrogens (tertiary/aromatic N) is 2. The van der Waals surface area contributed by atoms with E-state index in [-0.39, 0.29) is 32.8 Å². The van der Waals surface area contributed by atoms with Crippen molar-refractivity contribution in [2.24, 2.45) is 0 Å². The van der Waals surface area contributed by atoms with Gasteiger partial charge >= 0.3 is 21.5 Å². The number of esters is 1. The van der Waals surface area contributed by atoms with E-state index in [0.717, 1.165) is 0 Å². The van der Waals surface area contributed by atoms with Crippen molar-refractivity contribution in [1.82, 2.24) is 13.3 Å². The number of carbonyl (C=O) groups is 1. The highest BCUT2D eigenvalue weighted by atomic mass is 32.3. The van der Waals surface area contributed by atoms with Crippen LogP contribution < -0.4 is 4.13 Å². The lowest BCUT2D eigenvalue weighted by Crippen LogP contribution is -2.56. The molecule has 1 atom stereocenters. The molecule has 9 nitrogen and oxygen atoms in total. The summed E-state index contributed by atoms with van der Waals surface area (Å²) in [4.78, 5) is 13.1. The molecule has 2 rings (SSSR count). The highest BCUT2D eigenvalue weighted by molar-refractivity contribution is 8.04. The van der Waals surface area contributed by atoms with Gasteiger partial charge in [0, 0.05) is 32.6 Å². The van der Waals surface area contributed by atoms with Gasteiger partial charge < -0.3 is 4.74 Å². The van der Waals surface area contributed by atoms with E-state index in [1.807, 2.05) is 0 Å². The molecule has 0 aromatic rings. The molecule has 2 aliphatic heterocycles. The molecular formula is C9H14F3N3O6S2. The Labute approximate surface area is 130 Å². The largest absolute Gasteiger partial charge is 0.512 e. The van der Waals surface area contributed by atoms with Crippen LogP contribution >= 0.6 is 0 Å². The van der Waals surface area contributed by atoms with Crippen molar-refractivity contribution in [2.45, 2.75) is 18.0 Å². The molecule has 134 valence electrons. The lowest BCUT2D eigenvalue weighted by atomic mass is 10.2. The van der Waals surface area contributed by atoms with E-state index in [9.17, 15) is 34.8 Å². The van der Waals surface area contributed by atoms with Gasteiger partial charge in [-0.25, -0.2) is 8.42 Å². The van der Waals surface area contributed by atoms with Crippen LogP contribution in [-0.4, -0.2) is 76.3 Å². The summed E-state index contributed by atoms with van der Waals surface area (Å²) >= 11 is 0. The SMILES string of the molecule is O=C1OCCC1N1CCN(S(=O)(=O)NS(=O)(=O)C(F)(F)F)CC1. The predicted molar refractivity (Wildman–Crippen MR) is 69.5 cm³/mol. The maximum absolute atomic E-state index is 12.2. The van der Waals surface area contributed by atoms with Crippen molar-refractivity contribution in [3.8, 4) is 0 Å². The van der Waals surface area contributed by atoms with Gasteiger partial charge in [-0.3, -0.25) is 9.69 Å². The fourth-order valence-corrected chi connectivity index (χ4v) is 4.86. The van der Waals surface area contributed by atoms with Crippen LogP contribution in [0.15, 0.2) is 0 Å². The molecular weight excluding hydrogens is 367 g/mol. The number of carbonyl (C=O) groups excluding carboxylic acids is 1. The minimum absolute atomic E-state index is 0.0761. The zero-order valence-corrected chi connectivity index (χ0v) is 13.2. The van der Waals surface area contributed by atoms with E-state index in [2.05, 4.69) is 0 Å². The number of nitrogens with one attached hydrogen (secondary N) is 1. The molecule has 0 bridgehead atoms. The molecule has 0 radical (unpaired) electrons. The Morgan fingerprint density at radius 1 is 1.09 bits per heavy atom. The summed E-state index contributed by atoms with van der Waals surface area (Å²) < 4.78 is 88.1. The van der Waals surface area contributed by atoms with Crippen LogP contribution in [-0.2, 0) is 29.8 Å². The number of alkyl halides is 3. The quantitative estimate of drug-likeness (QED) is 0.596. The van der Waals surface area contributed by atoms with Gasteiger partial charge in [0.25, 0.3) is 10.2 Å². The van der Waals surface area contributed by atoms with Gasteiger partial charge in [0.1, 0.15) is 6.04 Å². The van der Waals surface area contributed by atoms with Gasteiger partial charge in [-0.2, -0.15) is 25.9 Å². The molecule has 0 saturated carbocycles. The third kappa shape index (κ3) is 3.93. The first-order chi connectivity index (χ1) is 10.4. The first-order valence-electron chi connectivity index (χ1n) is 6.45. The standard InChI is InChI=1S/C9H14F3N3O6S2/c10-9(11,12)22(17,18)13-23(19,20)15-4-2-14(3-5-15)7-1-6-21-8(7)16/h7,13H,1-6H2. The monoisotopic (exact) mass is 381 g/mol. The fraction of sp³-hybridized carbons (Fsp3) is 0.889. The fourth-order valence-electron chi connectivity index (χ4n) is 2.31. The van der Waals surface area contributed by atoms with Crippen molar-refractivity contribution >= 4 is 26.2 Å². The molecule has 23 heavy (non-hydrogen) atoms. The molecule has 1 unspecified atom stereocenters. The van der Waals surface area contributed by atoms with Gasteiger partial charge in [0.2, 0.25) is 0 Å². The minimum Gasteiger partial charge on any atom is -0.464 e. The molecule has 2 saturated heterocycles. The van der Waals surface area contributed by atoms with Crippen LogP contribution in [0.1, 0.15) is 6.42 Å².